The van der Waals surface area contributed by atoms with Crippen LogP contribution in [0.25, 0.3) is 0 Å². The molecule has 0 bridgehead atoms. The molecule has 0 unspecified atom stereocenters. The van der Waals surface area contributed by atoms with Crippen LogP contribution in [0.4, 0.5) is 26.3 Å². The van der Waals surface area contributed by atoms with E-state index in [2.05, 4.69) is 47.5 Å². The summed E-state index contributed by atoms with van der Waals surface area (Å²) in [7, 11) is 0. The molecular weight excluding hydrogens is 534 g/mol. The molecule has 1 saturated carbocycles. The zero-order chi connectivity index (χ0) is 27.7. The fourth-order valence-electron chi connectivity index (χ4n) is 4.97. The van der Waals surface area contributed by atoms with Crippen LogP contribution in [0, 0.1) is 23.4 Å². The lowest BCUT2D eigenvalue weighted by atomic mass is 9.77. The molecule has 0 N–H and O–H groups in total. The van der Waals surface area contributed by atoms with Crippen molar-refractivity contribution >= 4 is 11.6 Å². The molecule has 0 spiro atoms. The summed E-state index contributed by atoms with van der Waals surface area (Å²) in [5, 5.41) is 0. The van der Waals surface area contributed by atoms with Crippen LogP contribution in [0.15, 0.2) is 36.4 Å². The van der Waals surface area contributed by atoms with Gasteiger partial charge in [0.1, 0.15) is 5.82 Å². The molecule has 0 aromatic heterocycles. The zero-order valence-corrected chi connectivity index (χ0v) is 22.0. The first-order valence-electron chi connectivity index (χ1n) is 12.9. The second-order valence-electron chi connectivity index (χ2n) is 9.69. The van der Waals surface area contributed by atoms with Gasteiger partial charge < -0.3 is 14.2 Å². The van der Waals surface area contributed by atoms with Crippen molar-refractivity contribution < 1.29 is 40.6 Å². The molecule has 2 aliphatic rings. The third-order valence-corrected chi connectivity index (χ3v) is 6.99. The predicted molar refractivity (Wildman–Crippen MR) is 133 cm³/mol. The van der Waals surface area contributed by atoms with Gasteiger partial charge in [-0.3, -0.25) is 4.39 Å². The summed E-state index contributed by atoms with van der Waals surface area (Å²) in [6, 6.07) is 9.46. The fourth-order valence-corrected chi connectivity index (χ4v) is 5.04. The van der Waals surface area contributed by atoms with Crippen LogP contribution in [0.3, 0.4) is 0 Å². The summed E-state index contributed by atoms with van der Waals surface area (Å²) in [4.78, 5) is 0. The molecule has 2 aromatic rings. The highest BCUT2D eigenvalue weighted by Gasteiger charge is 2.31. The van der Waals surface area contributed by atoms with E-state index in [1.165, 1.54) is 49.7 Å². The summed E-state index contributed by atoms with van der Waals surface area (Å²) in [5.41, 5.74) is -1.49. The summed E-state index contributed by atoms with van der Waals surface area (Å²) in [5.74, 6) is -3.89. The van der Waals surface area contributed by atoms with E-state index in [1.54, 1.807) is 0 Å². The number of ether oxygens (including phenoxy) is 3. The molecule has 1 aliphatic carbocycles. The lowest BCUT2D eigenvalue weighted by Crippen LogP contribution is -2.31. The van der Waals surface area contributed by atoms with Gasteiger partial charge in [0.05, 0.1) is 19.9 Å². The van der Waals surface area contributed by atoms with Crippen molar-refractivity contribution in [1.29, 1.82) is 0 Å². The number of halogens is 7. The maximum Gasteiger partial charge on any atom is 0.487 e. The molecule has 1 saturated heterocycles. The van der Waals surface area contributed by atoms with Crippen LogP contribution in [-0.2, 0) is 9.47 Å². The highest BCUT2D eigenvalue weighted by Crippen LogP contribution is 2.38. The highest BCUT2D eigenvalue weighted by molar-refractivity contribution is 6.20. The molecule has 0 amide bonds. The molecule has 3 nitrogen and oxygen atoms in total. The van der Waals surface area contributed by atoms with Gasteiger partial charge in [-0.25, -0.2) is 13.2 Å². The Morgan fingerprint density at radius 1 is 0.868 bits per heavy atom. The van der Waals surface area contributed by atoms with E-state index in [4.69, 9.17) is 9.47 Å². The Morgan fingerprint density at radius 2 is 1.39 bits per heavy atom. The first-order chi connectivity index (χ1) is 18.1. The van der Waals surface area contributed by atoms with Crippen LogP contribution in [0.2, 0.25) is 0 Å². The van der Waals surface area contributed by atoms with Crippen molar-refractivity contribution in [2.24, 2.45) is 5.92 Å². The second kappa shape index (κ2) is 14.4. The molecule has 2 fully saturated rings. The van der Waals surface area contributed by atoms with Gasteiger partial charge in [-0.05, 0) is 48.6 Å². The molecule has 1 aliphatic heterocycles. The van der Waals surface area contributed by atoms with Crippen molar-refractivity contribution in [2.45, 2.75) is 75.6 Å². The number of hydrogen-bond acceptors (Lipinski definition) is 3. The van der Waals surface area contributed by atoms with Crippen LogP contribution in [0.1, 0.15) is 74.8 Å². The Hall–Kier alpha value is -1.97. The Kier molecular flexibility index (Phi) is 11.6. The Morgan fingerprint density at radius 3 is 1.87 bits per heavy atom. The highest BCUT2D eigenvalue weighted by atomic mass is 35.5. The molecule has 1 heterocycles. The molecular formula is C28H33ClF6O3. The molecule has 212 valence electrons. The van der Waals surface area contributed by atoms with Crippen LogP contribution in [-0.4, -0.2) is 31.7 Å². The van der Waals surface area contributed by atoms with Crippen molar-refractivity contribution in [3.05, 3.63) is 65.0 Å². The summed E-state index contributed by atoms with van der Waals surface area (Å²) >= 11 is 4.27. The Balaban J connectivity index is 0.000000244. The monoisotopic (exact) mass is 566 g/mol. The lowest BCUT2D eigenvalue weighted by molar-refractivity contribution is -0.190. The minimum Gasteiger partial charge on any atom is -0.414 e. The summed E-state index contributed by atoms with van der Waals surface area (Å²) < 4.78 is 88.5. The number of benzene rings is 2. The summed E-state index contributed by atoms with van der Waals surface area (Å²) in [6.45, 7) is 3.17. The zero-order valence-electron chi connectivity index (χ0n) is 21.2. The van der Waals surface area contributed by atoms with Gasteiger partial charge in [0.15, 0.2) is 23.7 Å². The minimum absolute atomic E-state index is 0.195. The number of rotatable bonds is 8. The number of hydrogen-bond donors (Lipinski definition) is 0. The average Bonchev–Trinajstić information content (AvgIpc) is 2.88. The van der Waals surface area contributed by atoms with E-state index in [9.17, 15) is 26.3 Å². The van der Waals surface area contributed by atoms with Gasteiger partial charge in [-0.15, -0.1) is 8.78 Å². The predicted octanol–water partition coefficient (Wildman–Crippen LogP) is 8.85. The maximum atomic E-state index is 12.6. The SMILES string of the molecule is CCCC1CCC(c2ccc(C3COC(CCF)OC3)cc2)CC1.Fc1cc(F)c(OC(F)(F)Cl)c(F)c1. The van der Waals surface area contributed by atoms with Gasteiger partial charge in [-0.1, -0.05) is 44.0 Å². The molecule has 0 radical (unpaired) electrons. The molecule has 4 rings (SSSR count). The van der Waals surface area contributed by atoms with Gasteiger partial charge in [0.25, 0.3) is 0 Å². The van der Waals surface area contributed by atoms with Gasteiger partial charge in [0.2, 0.25) is 0 Å². The Bertz CT molecular complexity index is 917. The lowest BCUT2D eigenvalue weighted by Gasteiger charge is -2.30. The third-order valence-electron chi connectivity index (χ3n) is 6.92. The van der Waals surface area contributed by atoms with Crippen LogP contribution in [0.5, 0.6) is 5.75 Å². The topological polar surface area (TPSA) is 27.7 Å². The first kappa shape index (κ1) is 30.6. The first-order valence-corrected chi connectivity index (χ1v) is 13.3. The maximum absolute atomic E-state index is 12.6. The normalized spacial score (nSPS) is 23.9. The van der Waals surface area contributed by atoms with Crippen molar-refractivity contribution in [2.75, 3.05) is 19.9 Å². The van der Waals surface area contributed by atoms with E-state index >= 15 is 0 Å². The molecule has 38 heavy (non-hydrogen) atoms. The average molecular weight is 567 g/mol. The van der Waals surface area contributed by atoms with Crippen LogP contribution >= 0.6 is 11.6 Å². The fraction of sp³-hybridized carbons (Fsp3) is 0.571. The molecule has 10 heteroatoms. The van der Waals surface area contributed by atoms with E-state index < -0.39 is 28.8 Å². The minimum atomic E-state index is -4.25. The second-order valence-corrected chi connectivity index (χ2v) is 10.1. The van der Waals surface area contributed by atoms with Crippen molar-refractivity contribution in [1.82, 2.24) is 0 Å². The summed E-state index contributed by atoms with van der Waals surface area (Å²) in [6.07, 6.45) is 8.16. The van der Waals surface area contributed by atoms with E-state index in [1.807, 2.05) is 0 Å². The Labute approximate surface area is 224 Å². The largest absolute Gasteiger partial charge is 0.487 e. The molecule has 0 atom stereocenters. The smallest absolute Gasteiger partial charge is 0.414 e. The van der Waals surface area contributed by atoms with Gasteiger partial charge in [-0.2, -0.15) is 0 Å². The molecule has 2 aromatic carbocycles. The van der Waals surface area contributed by atoms with Gasteiger partial charge >= 0.3 is 5.57 Å². The quantitative estimate of drug-likeness (QED) is 0.236. The van der Waals surface area contributed by atoms with Crippen molar-refractivity contribution in [3.63, 3.8) is 0 Å². The third kappa shape index (κ3) is 9.35. The van der Waals surface area contributed by atoms with E-state index in [0.717, 1.165) is 11.8 Å². The standard InChI is InChI=1S/C21H31FO2.C7H2ClF5O/c1-2-3-16-4-6-17(7-5-16)18-8-10-19(11-9-18)20-14-23-21(12-13-22)24-15-20;8-7(12,13)14-6-4(10)1-3(9)2-5(6)11/h8-11,16-17,20-21H,2-7,12-15H2,1H3;1-2H. The number of alkyl halides is 4. The van der Waals surface area contributed by atoms with E-state index in [-0.39, 0.29) is 31.0 Å². The van der Waals surface area contributed by atoms with E-state index in [0.29, 0.717) is 19.6 Å². The van der Waals surface area contributed by atoms with Crippen LogP contribution < -0.4 is 4.74 Å². The van der Waals surface area contributed by atoms with Gasteiger partial charge in [0, 0.05) is 36.1 Å². The van der Waals surface area contributed by atoms with Crippen molar-refractivity contribution in [3.8, 4) is 5.75 Å².